The van der Waals surface area contributed by atoms with Gasteiger partial charge in [0.05, 0.1) is 18.8 Å². The number of hydrogen-bond acceptors (Lipinski definition) is 6. The van der Waals surface area contributed by atoms with Crippen molar-refractivity contribution in [2.75, 3.05) is 31.2 Å². The van der Waals surface area contributed by atoms with Gasteiger partial charge < -0.3 is 14.4 Å². The van der Waals surface area contributed by atoms with Crippen molar-refractivity contribution in [3.8, 4) is 17.0 Å². The topological polar surface area (TPSA) is 96.2 Å². The smallest absolute Gasteiger partial charge is 0.213 e. The van der Waals surface area contributed by atoms with Crippen LogP contribution in [-0.2, 0) is 4.74 Å². The molecule has 3 rings (SSSR count). The van der Waals surface area contributed by atoms with E-state index in [0.717, 1.165) is 16.9 Å². The molecule has 0 amide bonds. The van der Waals surface area contributed by atoms with Crippen LogP contribution in [0.1, 0.15) is 20.8 Å². The lowest BCUT2D eigenvalue weighted by atomic mass is 10.1. The molecule has 1 saturated heterocycles. The highest BCUT2D eigenvalue weighted by atomic mass is 16.5. The van der Waals surface area contributed by atoms with Crippen molar-refractivity contribution in [2.24, 2.45) is 11.0 Å². The lowest BCUT2D eigenvalue weighted by Crippen LogP contribution is -2.27. The van der Waals surface area contributed by atoms with Crippen LogP contribution in [0.15, 0.2) is 41.8 Å². The minimum Gasteiger partial charge on any atom is -0.478 e. The van der Waals surface area contributed by atoms with Crippen molar-refractivity contribution in [3.63, 3.8) is 0 Å². The van der Waals surface area contributed by atoms with Gasteiger partial charge in [-0.2, -0.15) is 0 Å². The molecule has 148 valence electrons. The van der Waals surface area contributed by atoms with Gasteiger partial charge in [-0.05, 0) is 42.1 Å². The highest BCUT2D eigenvalue weighted by Crippen LogP contribution is 2.26. The van der Waals surface area contributed by atoms with Crippen molar-refractivity contribution in [1.82, 2.24) is 9.97 Å². The molecule has 3 heterocycles. The van der Waals surface area contributed by atoms with Gasteiger partial charge in [0.25, 0.3) is 0 Å². The Kier molecular flexibility index (Phi) is 6.68. The number of aromatic nitrogens is 2. The first-order valence-electron chi connectivity index (χ1n) is 9.56. The number of nitrogens with zero attached hydrogens (tertiary/aromatic N) is 6. The molecule has 0 spiro atoms. The summed E-state index contributed by atoms with van der Waals surface area (Å²) in [6.45, 7) is 8.62. The molecule has 2 aromatic heterocycles. The fourth-order valence-corrected chi connectivity index (χ4v) is 3.16. The fourth-order valence-electron chi connectivity index (χ4n) is 3.16. The molecule has 1 aliphatic heterocycles. The van der Waals surface area contributed by atoms with Gasteiger partial charge in [-0.1, -0.05) is 19.0 Å². The lowest BCUT2D eigenvalue weighted by molar-refractivity contribution is 0.0407. The fraction of sp³-hybridized carbons (Fsp3) is 0.500. The van der Waals surface area contributed by atoms with Gasteiger partial charge in [0.1, 0.15) is 5.82 Å². The van der Waals surface area contributed by atoms with Crippen LogP contribution in [0.5, 0.6) is 5.88 Å². The Hall–Kier alpha value is -2.83. The molecule has 0 unspecified atom stereocenters. The van der Waals surface area contributed by atoms with Crippen LogP contribution in [0.4, 0.5) is 5.82 Å². The van der Waals surface area contributed by atoms with Crippen LogP contribution in [0.25, 0.3) is 21.6 Å². The Morgan fingerprint density at radius 2 is 2.11 bits per heavy atom. The summed E-state index contributed by atoms with van der Waals surface area (Å²) in [6.07, 6.45) is 3.45. The molecule has 0 aliphatic carbocycles. The summed E-state index contributed by atoms with van der Waals surface area (Å²) in [4.78, 5) is 13.9. The number of anilines is 1. The number of pyridine rings is 2. The summed E-state index contributed by atoms with van der Waals surface area (Å²) >= 11 is 0. The zero-order valence-electron chi connectivity index (χ0n) is 16.5. The maximum absolute atomic E-state index is 8.86. The van der Waals surface area contributed by atoms with Gasteiger partial charge in [0, 0.05) is 48.6 Å². The van der Waals surface area contributed by atoms with E-state index >= 15 is 0 Å². The third-order valence-corrected chi connectivity index (χ3v) is 4.51. The lowest BCUT2D eigenvalue weighted by Gasteiger charge is -2.18. The molecule has 0 saturated carbocycles. The zero-order valence-corrected chi connectivity index (χ0v) is 16.5. The maximum atomic E-state index is 8.86. The molecular formula is C20H26N6O2. The third kappa shape index (κ3) is 4.91. The molecule has 0 N–H and O–H groups in total. The molecular weight excluding hydrogens is 356 g/mol. The van der Waals surface area contributed by atoms with Crippen molar-refractivity contribution in [1.29, 1.82) is 0 Å². The van der Waals surface area contributed by atoms with Crippen LogP contribution in [0.2, 0.25) is 0 Å². The molecule has 2 atom stereocenters. The largest absolute Gasteiger partial charge is 0.478 e. The highest BCUT2D eigenvalue weighted by Gasteiger charge is 2.33. The molecule has 2 aromatic rings. The van der Waals surface area contributed by atoms with Crippen LogP contribution in [-0.4, -0.2) is 48.4 Å². The van der Waals surface area contributed by atoms with Crippen LogP contribution < -0.4 is 9.64 Å². The van der Waals surface area contributed by atoms with Crippen molar-refractivity contribution in [2.45, 2.75) is 32.9 Å². The number of hydrogen-bond donors (Lipinski definition) is 0. The van der Waals surface area contributed by atoms with Gasteiger partial charge in [0.2, 0.25) is 5.88 Å². The predicted octanol–water partition coefficient (Wildman–Crippen LogP) is 4.08. The van der Waals surface area contributed by atoms with E-state index in [1.54, 1.807) is 6.20 Å². The van der Waals surface area contributed by atoms with E-state index in [9.17, 15) is 0 Å². The summed E-state index contributed by atoms with van der Waals surface area (Å²) in [5.41, 5.74) is 10.8. The number of rotatable bonds is 8. The monoisotopic (exact) mass is 382 g/mol. The molecule has 0 aromatic carbocycles. The van der Waals surface area contributed by atoms with E-state index in [4.69, 9.17) is 15.0 Å². The first-order valence-corrected chi connectivity index (χ1v) is 9.56. The van der Waals surface area contributed by atoms with E-state index < -0.39 is 0 Å². The Bertz CT molecular complexity index is 820. The molecule has 1 aliphatic rings. The summed E-state index contributed by atoms with van der Waals surface area (Å²) < 4.78 is 11.4. The SMILES string of the molecule is CCOc1cc(-c2ccc(N3C[C@H](N=[N+]=[N-])[C@@H](OCC(C)C)C3)nc2)ccn1. The second-order valence-corrected chi connectivity index (χ2v) is 7.16. The Labute approximate surface area is 165 Å². The Morgan fingerprint density at radius 1 is 1.25 bits per heavy atom. The van der Waals surface area contributed by atoms with Crippen LogP contribution in [0, 0.1) is 5.92 Å². The molecule has 0 radical (unpaired) electrons. The number of azide groups is 1. The minimum absolute atomic E-state index is 0.117. The zero-order chi connectivity index (χ0) is 19.9. The van der Waals surface area contributed by atoms with E-state index in [0.29, 0.717) is 38.1 Å². The Morgan fingerprint density at radius 3 is 2.79 bits per heavy atom. The van der Waals surface area contributed by atoms with Crippen LogP contribution >= 0.6 is 0 Å². The molecule has 8 nitrogen and oxygen atoms in total. The number of ether oxygens (including phenoxy) is 2. The van der Waals surface area contributed by atoms with Crippen molar-refractivity contribution >= 4 is 5.82 Å². The second kappa shape index (κ2) is 9.39. The average Bonchev–Trinajstić information content (AvgIpc) is 3.10. The minimum atomic E-state index is -0.209. The Balaban J connectivity index is 1.72. The average molecular weight is 382 g/mol. The van der Waals surface area contributed by atoms with E-state index in [1.165, 1.54) is 0 Å². The summed E-state index contributed by atoms with van der Waals surface area (Å²) in [5, 5.41) is 3.92. The second-order valence-electron chi connectivity index (χ2n) is 7.16. The quantitative estimate of drug-likeness (QED) is 0.389. The van der Waals surface area contributed by atoms with E-state index in [2.05, 4.69) is 38.7 Å². The van der Waals surface area contributed by atoms with Gasteiger partial charge in [-0.25, -0.2) is 9.97 Å². The normalized spacial score (nSPS) is 18.9. The third-order valence-electron chi connectivity index (χ3n) is 4.51. The highest BCUT2D eigenvalue weighted by molar-refractivity contribution is 5.64. The summed E-state index contributed by atoms with van der Waals surface area (Å²) in [6, 6.07) is 7.64. The van der Waals surface area contributed by atoms with Crippen LogP contribution in [0.3, 0.4) is 0 Å². The first-order chi connectivity index (χ1) is 13.6. The molecule has 0 bridgehead atoms. The first kappa shape index (κ1) is 19.9. The van der Waals surface area contributed by atoms with Gasteiger partial charge in [0.15, 0.2) is 0 Å². The molecule has 8 heteroatoms. The van der Waals surface area contributed by atoms with E-state index in [-0.39, 0.29) is 12.1 Å². The molecule has 28 heavy (non-hydrogen) atoms. The maximum Gasteiger partial charge on any atom is 0.213 e. The van der Waals surface area contributed by atoms with Crippen molar-refractivity contribution < 1.29 is 9.47 Å². The summed E-state index contributed by atoms with van der Waals surface area (Å²) in [5.74, 6) is 1.88. The predicted molar refractivity (Wildman–Crippen MR) is 108 cm³/mol. The summed E-state index contributed by atoms with van der Waals surface area (Å²) in [7, 11) is 0. The van der Waals surface area contributed by atoms with Gasteiger partial charge in [-0.15, -0.1) is 0 Å². The van der Waals surface area contributed by atoms with Crippen molar-refractivity contribution in [3.05, 3.63) is 47.1 Å². The molecule has 1 fully saturated rings. The van der Waals surface area contributed by atoms with Gasteiger partial charge in [-0.3, -0.25) is 0 Å². The van der Waals surface area contributed by atoms with Gasteiger partial charge >= 0.3 is 0 Å². The standard InChI is InChI=1S/C20H26N6O2/c1-4-27-20-9-15(7-8-22-20)16-5-6-19(23-10-16)26-11-17(24-25-21)18(12-26)28-13-14(2)3/h5-10,14,17-18H,4,11-13H2,1-3H3/t17-,18-/m0/s1. The van der Waals surface area contributed by atoms with E-state index in [1.807, 2.05) is 37.4 Å².